The van der Waals surface area contributed by atoms with Gasteiger partial charge in [0.25, 0.3) is 0 Å². The first-order chi connectivity index (χ1) is 8.74. The fourth-order valence-electron chi connectivity index (χ4n) is 2.84. The number of nitrogens with zero attached hydrogens (tertiary/aromatic N) is 1. The van der Waals surface area contributed by atoms with E-state index >= 15 is 0 Å². The lowest BCUT2D eigenvalue weighted by molar-refractivity contribution is 0.111. The Kier molecular flexibility index (Phi) is 4.60. The minimum absolute atomic E-state index is 0.163. The highest BCUT2D eigenvalue weighted by Gasteiger charge is 2.29. The minimum Gasteiger partial charge on any atom is -0.294 e. The molecule has 1 aromatic carbocycles. The average Bonchev–Trinajstić information content (AvgIpc) is 2.47. The Balaban J connectivity index is 1.97. The van der Waals surface area contributed by atoms with Crippen molar-refractivity contribution >= 4 is 0 Å². The summed E-state index contributed by atoms with van der Waals surface area (Å²) in [5.74, 6) is 0. The SMILES string of the molecule is C=CC(C)(CCc1ccccc1)N1CCCCC1. The van der Waals surface area contributed by atoms with Crippen molar-refractivity contribution in [2.75, 3.05) is 13.1 Å². The largest absolute Gasteiger partial charge is 0.294 e. The fraction of sp³-hybridized carbons (Fsp3) is 0.529. The molecule has 0 aromatic heterocycles. The molecule has 1 saturated heterocycles. The van der Waals surface area contributed by atoms with Gasteiger partial charge in [-0.2, -0.15) is 0 Å². The van der Waals surface area contributed by atoms with Gasteiger partial charge in [0, 0.05) is 5.54 Å². The van der Waals surface area contributed by atoms with E-state index in [9.17, 15) is 0 Å². The molecule has 1 unspecified atom stereocenters. The molecule has 1 heteroatoms. The maximum atomic E-state index is 4.08. The van der Waals surface area contributed by atoms with Crippen molar-refractivity contribution in [1.29, 1.82) is 0 Å². The molecule has 0 bridgehead atoms. The van der Waals surface area contributed by atoms with E-state index in [2.05, 4.69) is 54.8 Å². The van der Waals surface area contributed by atoms with Crippen molar-refractivity contribution in [2.24, 2.45) is 0 Å². The summed E-state index contributed by atoms with van der Waals surface area (Å²) in [6.07, 6.45) is 8.54. The van der Waals surface area contributed by atoms with Crippen LogP contribution >= 0.6 is 0 Å². The standard InChI is InChI=1S/C17H25N/c1-3-17(2,18-14-8-5-9-15-18)13-12-16-10-6-4-7-11-16/h3-4,6-7,10-11H,1,5,8-9,12-15H2,2H3. The van der Waals surface area contributed by atoms with Gasteiger partial charge in [0.1, 0.15) is 0 Å². The Morgan fingerprint density at radius 1 is 1.17 bits per heavy atom. The van der Waals surface area contributed by atoms with Gasteiger partial charge in [0.15, 0.2) is 0 Å². The quantitative estimate of drug-likeness (QED) is 0.705. The van der Waals surface area contributed by atoms with E-state index in [4.69, 9.17) is 0 Å². The van der Waals surface area contributed by atoms with Crippen molar-refractivity contribution < 1.29 is 0 Å². The second-order valence-corrected chi connectivity index (χ2v) is 5.59. The van der Waals surface area contributed by atoms with Crippen LogP contribution in [0.1, 0.15) is 38.2 Å². The fourth-order valence-corrected chi connectivity index (χ4v) is 2.84. The zero-order valence-corrected chi connectivity index (χ0v) is 11.6. The summed E-state index contributed by atoms with van der Waals surface area (Å²) >= 11 is 0. The van der Waals surface area contributed by atoms with Crippen LogP contribution in [-0.2, 0) is 6.42 Å². The molecule has 2 rings (SSSR count). The van der Waals surface area contributed by atoms with E-state index in [0.29, 0.717) is 0 Å². The summed E-state index contributed by atoms with van der Waals surface area (Å²) in [4.78, 5) is 2.62. The van der Waals surface area contributed by atoms with Crippen LogP contribution in [0.15, 0.2) is 43.0 Å². The lowest BCUT2D eigenvalue weighted by atomic mass is 9.89. The maximum Gasteiger partial charge on any atom is 0.0363 e. The lowest BCUT2D eigenvalue weighted by Crippen LogP contribution is -2.47. The second-order valence-electron chi connectivity index (χ2n) is 5.59. The number of piperidine rings is 1. The van der Waals surface area contributed by atoms with Crippen LogP contribution in [0.5, 0.6) is 0 Å². The predicted octanol–water partition coefficient (Wildman–Crippen LogP) is 4.05. The van der Waals surface area contributed by atoms with Crippen LogP contribution in [0.2, 0.25) is 0 Å². The van der Waals surface area contributed by atoms with Crippen LogP contribution in [0, 0.1) is 0 Å². The molecule has 1 fully saturated rings. The number of benzene rings is 1. The van der Waals surface area contributed by atoms with E-state index in [0.717, 1.165) is 6.42 Å². The molecule has 0 amide bonds. The molecule has 0 aliphatic carbocycles. The summed E-state index contributed by atoms with van der Waals surface area (Å²) in [5, 5.41) is 0. The predicted molar refractivity (Wildman–Crippen MR) is 78.8 cm³/mol. The molecule has 1 aliphatic rings. The van der Waals surface area contributed by atoms with E-state index in [1.54, 1.807) is 0 Å². The van der Waals surface area contributed by atoms with Crippen molar-refractivity contribution in [3.8, 4) is 0 Å². The minimum atomic E-state index is 0.163. The Labute approximate surface area is 112 Å². The van der Waals surface area contributed by atoms with Crippen LogP contribution in [0.25, 0.3) is 0 Å². The summed E-state index contributed by atoms with van der Waals surface area (Å²) in [7, 11) is 0. The highest BCUT2D eigenvalue weighted by molar-refractivity contribution is 5.16. The van der Waals surface area contributed by atoms with Gasteiger partial charge >= 0.3 is 0 Å². The normalized spacial score (nSPS) is 20.3. The van der Waals surface area contributed by atoms with Crippen molar-refractivity contribution in [2.45, 2.75) is 44.6 Å². The monoisotopic (exact) mass is 243 g/mol. The number of rotatable bonds is 5. The molecule has 0 N–H and O–H groups in total. The molecule has 0 spiro atoms. The van der Waals surface area contributed by atoms with Gasteiger partial charge in [0.2, 0.25) is 0 Å². The smallest absolute Gasteiger partial charge is 0.0363 e. The average molecular weight is 243 g/mol. The second kappa shape index (κ2) is 6.19. The third-order valence-corrected chi connectivity index (χ3v) is 4.28. The molecule has 1 aromatic rings. The van der Waals surface area contributed by atoms with Gasteiger partial charge in [-0.3, -0.25) is 4.90 Å². The van der Waals surface area contributed by atoms with E-state index in [-0.39, 0.29) is 5.54 Å². The van der Waals surface area contributed by atoms with Gasteiger partial charge in [-0.1, -0.05) is 42.8 Å². The van der Waals surface area contributed by atoms with Crippen LogP contribution in [0.3, 0.4) is 0 Å². The number of hydrogen-bond acceptors (Lipinski definition) is 1. The molecule has 98 valence electrons. The molecular formula is C17H25N. The third kappa shape index (κ3) is 3.23. The maximum absolute atomic E-state index is 4.08. The van der Waals surface area contributed by atoms with Gasteiger partial charge in [-0.25, -0.2) is 0 Å². The molecule has 0 radical (unpaired) electrons. The van der Waals surface area contributed by atoms with E-state index in [1.807, 2.05) is 0 Å². The zero-order chi connectivity index (χ0) is 12.8. The van der Waals surface area contributed by atoms with Gasteiger partial charge in [-0.05, 0) is 51.3 Å². The molecule has 1 aliphatic heterocycles. The lowest BCUT2D eigenvalue weighted by Gasteiger charge is -2.41. The highest BCUT2D eigenvalue weighted by Crippen LogP contribution is 2.26. The van der Waals surface area contributed by atoms with Crippen molar-refractivity contribution in [3.63, 3.8) is 0 Å². The first-order valence-electron chi connectivity index (χ1n) is 7.17. The first kappa shape index (κ1) is 13.4. The number of aryl methyl sites for hydroxylation is 1. The summed E-state index contributed by atoms with van der Waals surface area (Å²) < 4.78 is 0. The van der Waals surface area contributed by atoms with Gasteiger partial charge < -0.3 is 0 Å². The third-order valence-electron chi connectivity index (χ3n) is 4.28. The molecule has 0 saturated carbocycles. The Morgan fingerprint density at radius 3 is 2.44 bits per heavy atom. The molecule has 1 heterocycles. The molecular weight excluding hydrogens is 218 g/mol. The molecule has 18 heavy (non-hydrogen) atoms. The Morgan fingerprint density at radius 2 is 1.83 bits per heavy atom. The van der Waals surface area contributed by atoms with Crippen molar-refractivity contribution in [3.05, 3.63) is 48.6 Å². The summed E-state index contributed by atoms with van der Waals surface area (Å²) in [5.41, 5.74) is 1.60. The molecule has 1 nitrogen and oxygen atoms in total. The number of hydrogen-bond donors (Lipinski definition) is 0. The van der Waals surface area contributed by atoms with Gasteiger partial charge in [0.05, 0.1) is 0 Å². The van der Waals surface area contributed by atoms with E-state index < -0.39 is 0 Å². The van der Waals surface area contributed by atoms with Crippen molar-refractivity contribution in [1.82, 2.24) is 4.90 Å². The van der Waals surface area contributed by atoms with Crippen LogP contribution < -0.4 is 0 Å². The van der Waals surface area contributed by atoms with Crippen LogP contribution in [-0.4, -0.2) is 23.5 Å². The van der Waals surface area contributed by atoms with Crippen LogP contribution in [0.4, 0.5) is 0 Å². The van der Waals surface area contributed by atoms with E-state index in [1.165, 1.54) is 44.3 Å². The summed E-state index contributed by atoms with van der Waals surface area (Å²) in [6.45, 7) is 8.89. The zero-order valence-electron chi connectivity index (χ0n) is 11.6. The summed E-state index contributed by atoms with van der Waals surface area (Å²) in [6, 6.07) is 10.8. The highest BCUT2D eigenvalue weighted by atomic mass is 15.2. The Bertz CT molecular complexity index is 364. The van der Waals surface area contributed by atoms with Gasteiger partial charge in [-0.15, -0.1) is 6.58 Å². The topological polar surface area (TPSA) is 3.24 Å². The first-order valence-corrected chi connectivity index (χ1v) is 7.17. The number of likely N-dealkylation sites (tertiary alicyclic amines) is 1. The molecule has 1 atom stereocenters. The Hall–Kier alpha value is -1.08.